The van der Waals surface area contributed by atoms with Gasteiger partial charge in [0, 0.05) is 35.7 Å². The highest BCUT2D eigenvalue weighted by Gasteiger charge is 2.27. The molecule has 1 saturated heterocycles. The lowest BCUT2D eigenvalue weighted by Gasteiger charge is -2.32. The lowest BCUT2D eigenvalue weighted by molar-refractivity contribution is -0.125. The van der Waals surface area contributed by atoms with E-state index in [2.05, 4.69) is 25.2 Å². The molecule has 2 aromatic heterocycles. The number of carbonyl (C=O) groups excluding carboxylic acids is 1. The number of piperidine rings is 1. The molecule has 1 unspecified atom stereocenters. The topological polar surface area (TPSA) is 80.2 Å². The Bertz CT molecular complexity index is 1280. The zero-order chi connectivity index (χ0) is 24.0. The van der Waals surface area contributed by atoms with E-state index in [0.29, 0.717) is 13.1 Å². The predicted octanol–water partition coefficient (Wildman–Crippen LogP) is 4.81. The van der Waals surface area contributed by atoms with Crippen LogP contribution in [0.4, 0.5) is 5.82 Å². The van der Waals surface area contributed by atoms with E-state index in [4.69, 9.17) is 4.74 Å². The van der Waals surface area contributed by atoms with Gasteiger partial charge in [0.1, 0.15) is 22.9 Å². The van der Waals surface area contributed by atoms with Crippen molar-refractivity contribution in [3.05, 3.63) is 78.1 Å². The Morgan fingerprint density at radius 3 is 2.74 bits per heavy atom. The number of hydrogen-bond acceptors (Lipinski definition) is 7. The van der Waals surface area contributed by atoms with Gasteiger partial charge in [0.05, 0.1) is 31.0 Å². The molecule has 4 aromatic rings. The van der Waals surface area contributed by atoms with Crippen LogP contribution in [-0.2, 0) is 11.3 Å². The quantitative estimate of drug-likeness (QED) is 0.405. The summed E-state index contributed by atoms with van der Waals surface area (Å²) in [6, 6.07) is 19.9. The highest BCUT2D eigenvalue weighted by atomic mass is 32.1. The van der Waals surface area contributed by atoms with Gasteiger partial charge in [0.15, 0.2) is 0 Å². The summed E-state index contributed by atoms with van der Waals surface area (Å²) in [4.78, 5) is 28.8. The van der Waals surface area contributed by atoms with Crippen molar-refractivity contribution in [2.24, 2.45) is 5.92 Å². The van der Waals surface area contributed by atoms with Gasteiger partial charge in [-0.2, -0.15) is 0 Å². The average molecular weight is 486 g/mol. The van der Waals surface area contributed by atoms with Crippen LogP contribution in [0, 0.1) is 5.92 Å². The Morgan fingerprint density at radius 1 is 1.11 bits per heavy atom. The van der Waals surface area contributed by atoms with E-state index in [9.17, 15) is 4.79 Å². The first-order valence-corrected chi connectivity index (χ1v) is 12.6. The number of anilines is 1. The van der Waals surface area contributed by atoms with Crippen LogP contribution < -0.4 is 15.0 Å². The molecular formula is C27H27N5O2S. The first-order valence-electron chi connectivity index (χ1n) is 11.7. The molecule has 3 heterocycles. The van der Waals surface area contributed by atoms with E-state index < -0.39 is 0 Å². The minimum atomic E-state index is -0.0876. The Hall–Kier alpha value is -3.78. The number of methoxy groups -OCH3 is 1. The molecule has 0 spiro atoms. The van der Waals surface area contributed by atoms with Crippen LogP contribution in [0.2, 0.25) is 0 Å². The van der Waals surface area contributed by atoms with Crippen LogP contribution in [0.15, 0.2) is 72.4 Å². The fourth-order valence-corrected chi connectivity index (χ4v) is 5.09. The number of benzene rings is 2. The molecule has 1 aliphatic heterocycles. The number of nitrogens with one attached hydrogen (secondary N) is 1. The van der Waals surface area contributed by atoms with Gasteiger partial charge in [0.25, 0.3) is 0 Å². The third-order valence-corrected chi connectivity index (χ3v) is 7.11. The fraction of sp³-hybridized carbons (Fsp3) is 0.259. The number of nitrogens with zero attached hydrogens (tertiary/aromatic N) is 4. The number of ether oxygens (including phenoxy) is 1. The van der Waals surface area contributed by atoms with Crippen molar-refractivity contribution in [2.75, 3.05) is 25.1 Å². The minimum Gasteiger partial charge on any atom is -0.497 e. The molecule has 0 aliphatic carbocycles. The van der Waals surface area contributed by atoms with Crippen LogP contribution in [-0.4, -0.2) is 41.1 Å². The molecule has 0 saturated carbocycles. The second kappa shape index (κ2) is 10.7. The van der Waals surface area contributed by atoms with E-state index in [-0.39, 0.29) is 11.8 Å². The van der Waals surface area contributed by atoms with Crippen molar-refractivity contribution in [1.82, 2.24) is 20.3 Å². The minimum absolute atomic E-state index is 0.0633. The second-order valence-electron chi connectivity index (χ2n) is 8.50. The number of thiazole rings is 1. The van der Waals surface area contributed by atoms with Crippen LogP contribution in [0.1, 0.15) is 18.5 Å². The molecule has 1 fully saturated rings. The van der Waals surface area contributed by atoms with Gasteiger partial charge in [0.2, 0.25) is 5.91 Å². The number of aromatic nitrogens is 3. The van der Waals surface area contributed by atoms with E-state index in [1.807, 2.05) is 66.0 Å². The monoisotopic (exact) mass is 485 g/mol. The summed E-state index contributed by atoms with van der Waals surface area (Å²) >= 11 is 1.60. The van der Waals surface area contributed by atoms with Crippen molar-refractivity contribution < 1.29 is 9.53 Å². The summed E-state index contributed by atoms with van der Waals surface area (Å²) in [5, 5.41) is 6.07. The van der Waals surface area contributed by atoms with Gasteiger partial charge in [-0.1, -0.05) is 30.3 Å². The molecule has 8 heteroatoms. The van der Waals surface area contributed by atoms with E-state index >= 15 is 0 Å². The van der Waals surface area contributed by atoms with Gasteiger partial charge in [-0.05, 0) is 37.1 Å². The second-order valence-corrected chi connectivity index (χ2v) is 9.36. The molecule has 1 atom stereocenters. The van der Waals surface area contributed by atoms with Gasteiger partial charge in [-0.15, -0.1) is 11.3 Å². The maximum Gasteiger partial charge on any atom is 0.225 e. The largest absolute Gasteiger partial charge is 0.497 e. The Labute approximate surface area is 208 Å². The number of hydrogen-bond donors (Lipinski definition) is 1. The first kappa shape index (κ1) is 23.0. The Kier molecular flexibility index (Phi) is 6.99. The lowest BCUT2D eigenvalue weighted by Crippen LogP contribution is -2.43. The Balaban J connectivity index is 1.20. The zero-order valence-electron chi connectivity index (χ0n) is 19.6. The van der Waals surface area contributed by atoms with Crippen LogP contribution in [0.3, 0.4) is 0 Å². The molecule has 7 nitrogen and oxygen atoms in total. The molecule has 0 radical (unpaired) electrons. The number of amides is 1. The van der Waals surface area contributed by atoms with Crippen molar-refractivity contribution in [2.45, 2.75) is 19.4 Å². The molecule has 1 N–H and O–H groups in total. The Morgan fingerprint density at radius 2 is 1.94 bits per heavy atom. The number of rotatable bonds is 7. The lowest BCUT2D eigenvalue weighted by atomic mass is 9.97. The summed E-state index contributed by atoms with van der Waals surface area (Å²) in [7, 11) is 1.65. The van der Waals surface area contributed by atoms with Gasteiger partial charge < -0.3 is 15.0 Å². The molecule has 35 heavy (non-hydrogen) atoms. The van der Waals surface area contributed by atoms with E-state index in [0.717, 1.165) is 58.5 Å². The summed E-state index contributed by atoms with van der Waals surface area (Å²) in [5.74, 6) is 1.63. The maximum absolute atomic E-state index is 13.0. The van der Waals surface area contributed by atoms with Gasteiger partial charge in [-0.25, -0.2) is 15.0 Å². The molecule has 1 amide bonds. The average Bonchev–Trinajstić information content (AvgIpc) is 3.42. The summed E-state index contributed by atoms with van der Waals surface area (Å²) in [6.45, 7) is 1.94. The SMILES string of the molecule is COc1ccc(-c2cc(N3CCCC(C(=O)NCc4csc(-c5ccccc5)n4)C3)ncn2)cc1. The van der Waals surface area contributed by atoms with E-state index in [1.165, 1.54) is 0 Å². The molecule has 1 aliphatic rings. The molecular weight excluding hydrogens is 458 g/mol. The van der Waals surface area contributed by atoms with Crippen molar-refractivity contribution in [3.63, 3.8) is 0 Å². The zero-order valence-corrected chi connectivity index (χ0v) is 20.4. The van der Waals surface area contributed by atoms with Crippen LogP contribution >= 0.6 is 11.3 Å². The summed E-state index contributed by atoms with van der Waals surface area (Å²) in [6.07, 6.45) is 3.39. The maximum atomic E-state index is 13.0. The summed E-state index contributed by atoms with van der Waals surface area (Å²) in [5.41, 5.74) is 3.83. The molecule has 178 valence electrons. The molecule has 2 aromatic carbocycles. The number of carbonyl (C=O) groups is 1. The predicted molar refractivity (Wildman–Crippen MR) is 138 cm³/mol. The van der Waals surface area contributed by atoms with Crippen LogP contribution in [0.25, 0.3) is 21.8 Å². The fourth-order valence-electron chi connectivity index (χ4n) is 4.26. The first-order chi connectivity index (χ1) is 17.2. The van der Waals surface area contributed by atoms with Gasteiger partial charge in [-0.3, -0.25) is 4.79 Å². The third-order valence-electron chi connectivity index (χ3n) is 6.17. The van der Waals surface area contributed by atoms with Crippen molar-refractivity contribution in [3.8, 4) is 27.6 Å². The van der Waals surface area contributed by atoms with Crippen molar-refractivity contribution >= 4 is 23.1 Å². The standard InChI is InChI=1S/C27H27N5O2S/c1-34-23-11-9-19(10-12-23)24-14-25(30-18-29-24)32-13-5-8-21(16-32)26(33)28-15-22-17-35-27(31-22)20-6-3-2-4-7-20/h2-4,6-7,9-12,14,17-18,21H,5,8,13,15-16H2,1H3,(H,28,33). The third kappa shape index (κ3) is 5.49. The van der Waals surface area contributed by atoms with Crippen LogP contribution in [0.5, 0.6) is 5.75 Å². The molecule has 0 bridgehead atoms. The highest BCUT2D eigenvalue weighted by molar-refractivity contribution is 7.13. The smallest absolute Gasteiger partial charge is 0.225 e. The van der Waals surface area contributed by atoms with Crippen molar-refractivity contribution in [1.29, 1.82) is 0 Å². The highest BCUT2D eigenvalue weighted by Crippen LogP contribution is 2.27. The summed E-state index contributed by atoms with van der Waals surface area (Å²) < 4.78 is 5.25. The van der Waals surface area contributed by atoms with Gasteiger partial charge >= 0.3 is 0 Å². The normalized spacial score (nSPS) is 15.6. The molecule has 5 rings (SSSR count). The van der Waals surface area contributed by atoms with E-state index in [1.54, 1.807) is 24.8 Å².